The summed E-state index contributed by atoms with van der Waals surface area (Å²) in [6.07, 6.45) is 10.2. The third-order valence-electron chi connectivity index (χ3n) is 5.01. The maximum absolute atomic E-state index is 12.6. The molecule has 0 atom stereocenters. The van der Waals surface area contributed by atoms with Crippen LogP contribution in [-0.2, 0) is 10.5 Å². The van der Waals surface area contributed by atoms with E-state index in [0.29, 0.717) is 0 Å². The molecule has 3 aromatic rings. The molecule has 0 unspecified atom stereocenters. The second-order valence-corrected chi connectivity index (χ2v) is 7.94. The fourth-order valence-electron chi connectivity index (χ4n) is 3.53. The number of aromatic amines is 1. The minimum Gasteiger partial charge on any atom is -0.326 e. The lowest BCUT2D eigenvalue weighted by Gasteiger charge is -2.14. The zero-order valence-electron chi connectivity index (χ0n) is 15.1. The predicted octanol–water partition coefficient (Wildman–Crippen LogP) is 4.55. The summed E-state index contributed by atoms with van der Waals surface area (Å²) in [6, 6.07) is 8.07. The van der Waals surface area contributed by atoms with Crippen molar-refractivity contribution in [3.8, 4) is 0 Å². The van der Waals surface area contributed by atoms with E-state index in [1.807, 2.05) is 12.1 Å². The number of H-pyrrole nitrogens is 1. The van der Waals surface area contributed by atoms with Crippen molar-refractivity contribution >= 4 is 34.4 Å². The van der Waals surface area contributed by atoms with Gasteiger partial charge in [-0.05, 0) is 30.5 Å². The minimum atomic E-state index is 0.154. The van der Waals surface area contributed by atoms with Gasteiger partial charge in [0.15, 0.2) is 5.65 Å². The number of anilines is 1. The number of carbonyl (C=O) groups is 1. The number of hydrogen-bond acceptors (Lipinski definition) is 5. The molecule has 4 rings (SSSR count). The van der Waals surface area contributed by atoms with Crippen LogP contribution in [0, 0.1) is 5.92 Å². The third-order valence-corrected chi connectivity index (χ3v) is 6.08. The van der Waals surface area contributed by atoms with Crippen LogP contribution in [0.4, 0.5) is 5.69 Å². The van der Waals surface area contributed by atoms with E-state index in [-0.39, 0.29) is 11.8 Å². The van der Waals surface area contributed by atoms with E-state index in [1.54, 1.807) is 24.3 Å². The Bertz CT molecular complexity index is 917. The monoisotopic (exact) mass is 381 g/mol. The van der Waals surface area contributed by atoms with Crippen LogP contribution >= 0.6 is 11.8 Å². The molecule has 1 saturated carbocycles. The lowest BCUT2D eigenvalue weighted by Crippen LogP contribution is -2.22. The van der Waals surface area contributed by atoms with Crippen molar-refractivity contribution in [3.63, 3.8) is 0 Å². The Balaban J connectivity index is 1.40. The topological polar surface area (TPSA) is 83.6 Å². The lowest BCUT2D eigenvalue weighted by molar-refractivity contribution is -0.120. The van der Waals surface area contributed by atoms with Gasteiger partial charge >= 0.3 is 0 Å². The van der Waals surface area contributed by atoms with Gasteiger partial charge in [0.2, 0.25) is 5.91 Å². The van der Waals surface area contributed by atoms with Crippen molar-refractivity contribution in [2.24, 2.45) is 5.92 Å². The van der Waals surface area contributed by atoms with Gasteiger partial charge in [-0.25, -0.2) is 9.97 Å². The zero-order chi connectivity index (χ0) is 18.5. The fraction of sp³-hybridized carbons (Fsp3) is 0.400. The molecule has 140 valence electrons. The number of hydrogen-bond donors (Lipinski definition) is 2. The zero-order valence-corrected chi connectivity index (χ0v) is 16.0. The number of nitrogens with one attached hydrogen (secondary N) is 2. The van der Waals surface area contributed by atoms with Crippen LogP contribution in [0.1, 0.15) is 44.1 Å². The van der Waals surface area contributed by atoms with E-state index < -0.39 is 0 Å². The Kier molecular flexibility index (Phi) is 5.67. The molecule has 0 saturated heterocycles. The molecule has 1 fully saturated rings. The van der Waals surface area contributed by atoms with Crippen molar-refractivity contribution in [1.29, 1.82) is 0 Å². The second kappa shape index (κ2) is 8.52. The molecule has 6 nitrogen and oxygen atoms in total. The number of thioether (sulfide) groups is 1. The summed E-state index contributed by atoms with van der Waals surface area (Å²) in [5, 5.41) is 11.8. The van der Waals surface area contributed by atoms with Gasteiger partial charge in [0.1, 0.15) is 11.4 Å². The summed E-state index contributed by atoms with van der Waals surface area (Å²) in [6.45, 7) is 0. The number of benzene rings is 1. The van der Waals surface area contributed by atoms with Crippen LogP contribution in [0.15, 0.2) is 41.8 Å². The summed E-state index contributed by atoms with van der Waals surface area (Å²) < 4.78 is 0. The Labute approximate surface area is 162 Å². The quantitative estimate of drug-likeness (QED) is 0.385. The van der Waals surface area contributed by atoms with Gasteiger partial charge in [-0.15, -0.1) is 11.8 Å². The molecule has 1 aliphatic rings. The molecule has 2 heterocycles. The maximum Gasteiger partial charge on any atom is 0.227 e. The molecule has 0 bridgehead atoms. The summed E-state index contributed by atoms with van der Waals surface area (Å²) in [4.78, 5) is 21.1. The van der Waals surface area contributed by atoms with E-state index in [1.165, 1.54) is 12.8 Å². The SMILES string of the molecule is O=C(Nc1cccc(CSc2ncnc3[nH]ncc23)c1)C1CCCCCC1. The number of carbonyl (C=O) groups excluding carboxylic acids is 1. The van der Waals surface area contributed by atoms with Crippen LogP contribution < -0.4 is 5.32 Å². The van der Waals surface area contributed by atoms with Gasteiger partial charge in [0, 0.05) is 17.4 Å². The number of aromatic nitrogens is 4. The third kappa shape index (κ3) is 4.47. The summed E-state index contributed by atoms with van der Waals surface area (Å²) in [5.41, 5.74) is 2.77. The average molecular weight is 382 g/mol. The number of fused-ring (bicyclic) bond motifs is 1. The molecule has 0 aliphatic heterocycles. The van der Waals surface area contributed by atoms with Crippen LogP contribution in [0.25, 0.3) is 11.0 Å². The molecule has 27 heavy (non-hydrogen) atoms. The highest BCUT2D eigenvalue weighted by molar-refractivity contribution is 7.98. The molecule has 0 spiro atoms. The smallest absolute Gasteiger partial charge is 0.227 e. The van der Waals surface area contributed by atoms with E-state index in [2.05, 4.69) is 37.6 Å². The average Bonchev–Trinajstić information content (AvgIpc) is 3.00. The summed E-state index contributed by atoms with van der Waals surface area (Å²) in [5.74, 6) is 1.09. The number of nitrogens with zero attached hydrogens (tertiary/aromatic N) is 3. The molecule has 1 amide bonds. The van der Waals surface area contributed by atoms with Crippen LogP contribution in [0.5, 0.6) is 0 Å². The van der Waals surface area contributed by atoms with E-state index in [0.717, 1.165) is 58.7 Å². The van der Waals surface area contributed by atoms with Gasteiger partial charge in [0.25, 0.3) is 0 Å². The molecule has 7 heteroatoms. The molecule has 0 radical (unpaired) electrons. The standard InChI is InChI=1S/C20H23N5OS/c26-19(15-7-3-1-2-4-8-15)24-16-9-5-6-14(10-16)12-27-20-17-11-23-25-18(17)21-13-22-20/h5-6,9-11,13,15H,1-4,7-8,12H2,(H,24,26)(H,21,22,23,25). The molecule has 1 aliphatic carbocycles. The normalized spacial score (nSPS) is 15.6. The first-order chi connectivity index (χ1) is 13.3. The Hall–Kier alpha value is -2.41. The lowest BCUT2D eigenvalue weighted by atomic mass is 9.99. The number of amides is 1. The molecular weight excluding hydrogens is 358 g/mol. The predicted molar refractivity (Wildman–Crippen MR) is 108 cm³/mol. The van der Waals surface area contributed by atoms with E-state index in [9.17, 15) is 4.79 Å². The van der Waals surface area contributed by atoms with Gasteiger partial charge in [0.05, 0.1) is 11.6 Å². The molecule has 2 N–H and O–H groups in total. The van der Waals surface area contributed by atoms with Gasteiger partial charge < -0.3 is 5.32 Å². The second-order valence-electron chi connectivity index (χ2n) is 6.98. The van der Waals surface area contributed by atoms with Crippen LogP contribution in [-0.4, -0.2) is 26.1 Å². The van der Waals surface area contributed by atoms with Crippen molar-refractivity contribution in [2.75, 3.05) is 5.32 Å². The molecule has 2 aromatic heterocycles. The van der Waals surface area contributed by atoms with Gasteiger partial charge in [-0.3, -0.25) is 9.89 Å². The first kappa shape index (κ1) is 18.0. The van der Waals surface area contributed by atoms with Gasteiger partial charge in [-0.2, -0.15) is 5.10 Å². The van der Waals surface area contributed by atoms with E-state index >= 15 is 0 Å². The van der Waals surface area contributed by atoms with Crippen molar-refractivity contribution in [2.45, 2.75) is 49.3 Å². The molecule has 1 aromatic carbocycles. The van der Waals surface area contributed by atoms with Gasteiger partial charge in [-0.1, -0.05) is 37.8 Å². The van der Waals surface area contributed by atoms with Crippen molar-refractivity contribution < 1.29 is 4.79 Å². The Morgan fingerprint density at radius 3 is 2.89 bits per heavy atom. The summed E-state index contributed by atoms with van der Waals surface area (Å²) >= 11 is 1.64. The highest BCUT2D eigenvalue weighted by Gasteiger charge is 2.20. The first-order valence-corrected chi connectivity index (χ1v) is 10.4. The Morgan fingerprint density at radius 1 is 1.19 bits per heavy atom. The maximum atomic E-state index is 12.6. The first-order valence-electron chi connectivity index (χ1n) is 9.46. The number of rotatable bonds is 5. The van der Waals surface area contributed by atoms with Crippen LogP contribution in [0.3, 0.4) is 0 Å². The van der Waals surface area contributed by atoms with E-state index in [4.69, 9.17) is 0 Å². The highest BCUT2D eigenvalue weighted by Crippen LogP contribution is 2.28. The fourth-order valence-corrected chi connectivity index (χ4v) is 4.44. The van der Waals surface area contributed by atoms with Crippen molar-refractivity contribution in [3.05, 3.63) is 42.4 Å². The largest absolute Gasteiger partial charge is 0.326 e. The Morgan fingerprint density at radius 2 is 2.04 bits per heavy atom. The molecular formula is C20H23N5OS. The van der Waals surface area contributed by atoms with Crippen molar-refractivity contribution in [1.82, 2.24) is 20.2 Å². The highest BCUT2D eigenvalue weighted by atomic mass is 32.2. The minimum absolute atomic E-state index is 0.154. The van der Waals surface area contributed by atoms with Crippen LogP contribution in [0.2, 0.25) is 0 Å². The summed E-state index contributed by atoms with van der Waals surface area (Å²) in [7, 11) is 0.